The van der Waals surface area contributed by atoms with Crippen LogP contribution in [0.25, 0.3) is 11.1 Å². The van der Waals surface area contributed by atoms with E-state index in [0.717, 1.165) is 17.1 Å². The second-order valence-corrected chi connectivity index (χ2v) is 5.28. The largest absolute Gasteiger partial charge is 0.391 e. The molecule has 0 saturated carbocycles. The van der Waals surface area contributed by atoms with Crippen LogP contribution in [0.2, 0.25) is 0 Å². The normalized spacial score (nSPS) is 13.2. The molecule has 1 aromatic carbocycles. The number of aromatic nitrogens is 1. The molecule has 7 heteroatoms. The summed E-state index contributed by atoms with van der Waals surface area (Å²) in [6.07, 6.45) is -5.10. The average Bonchev–Trinajstić information content (AvgIpc) is 2.69. The van der Waals surface area contributed by atoms with Crippen molar-refractivity contribution in [3.63, 3.8) is 0 Å². The summed E-state index contributed by atoms with van der Waals surface area (Å²) in [5, 5.41) is 3.40. The van der Waals surface area contributed by atoms with Gasteiger partial charge in [0.05, 0.1) is 12.0 Å². The molecule has 1 aromatic heterocycles. The Kier molecular flexibility index (Phi) is 4.17. The van der Waals surface area contributed by atoms with Gasteiger partial charge < -0.3 is 11.1 Å². The molecule has 0 fully saturated rings. The molecule has 2 aromatic rings. The smallest absolute Gasteiger partial charge is 0.382 e. The van der Waals surface area contributed by atoms with E-state index in [0.29, 0.717) is 16.4 Å². The summed E-state index contributed by atoms with van der Waals surface area (Å²) < 4.78 is 41.1. The number of nitrogens with two attached hydrogens (primary N) is 1. The lowest BCUT2D eigenvalue weighted by atomic mass is 10.1. The molecule has 2 rings (SSSR count). The Morgan fingerprint density at radius 3 is 2.55 bits per heavy atom. The van der Waals surface area contributed by atoms with Gasteiger partial charge in [-0.1, -0.05) is 30.3 Å². The zero-order chi connectivity index (χ0) is 14.8. The van der Waals surface area contributed by atoms with Gasteiger partial charge in [0.15, 0.2) is 0 Å². The first-order chi connectivity index (χ1) is 9.37. The first-order valence-corrected chi connectivity index (χ1v) is 6.78. The Hall–Kier alpha value is -1.76. The van der Waals surface area contributed by atoms with Crippen molar-refractivity contribution in [2.24, 2.45) is 0 Å². The Balaban J connectivity index is 2.22. The van der Waals surface area contributed by atoms with Crippen molar-refractivity contribution in [1.82, 2.24) is 4.37 Å². The SMILES string of the molecule is CC(CC(F)(F)F)Nc1snc(N)c1-c1ccccc1. The highest BCUT2D eigenvalue weighted by Crippen LogP contribution is 2.37. The third-order valence-corrected chi connectivity index (χ3v) is 3.49. The zero-order valence-corrected chi connectivity index (χ0v) is 11.6. The van der Waals surface area contributed by atoms with E-state index in [1.165, 1.54) is 6.92 Å². The summed E-state index contributed by atoms with van der Waals surface area (Å²) >= 11 is 1.07. The number of hydrogen-bond acceptors (Lipinski definition) is 4. The van der Waals surface area contributed by atoms with E-state index < -0.39 is 18.6 Å². The van der Waals surface area contributed by atoms with Crippen molar-refractivity contribution in [1.29, 1.82) is 0 Å². The summed E-state index contributed by atoms with van der Waals surface area (Å²) in [5.74, 6) is 0.322. The fraction of sp³-hybridized carbons (Fsp3) is 0.308. The molecule has 0 aliphatic carbocycles. The van der Waals surface area contributed by atoms with Gasteiger partial charge in [-0.25, -0.2) is 0 Å². The van der Waals surface area contributed by atoms with Gasteiger partial charge >= 0.3 is 6.18 Å². The van der Waals surface area contributed by atoms with E-state index >= 15 is 0 Å². The van der Waals surface area contributed by atoms with Crippen LogP contribution in [0, 0.1) is 0 Å². The number of hydrogen-bond donors (Lipinski definition) is 2. The molecule has 3 N–H and O–H groups in total. The quantitative estimate of drug-likeness (QED) is 0.892. The maximum atomic E-state index is 12.4. The Morgan fingerprint density at radius 2 is 1.95 bits per heavy atom. The molecule has 3 nitrogen and oxygen atoms in total. The van der Waals surface area contributed by atoms with Crippen LogP contribution in [0.3, 0.4) is 0 Å². The van der Waals surface area contributed by atoms with Crippen LogP contribution in [-0.4, -0.2) is 16.6 Å². The van der Waals surface area contributed by atoms with E-state index in [1.807, 2.05) is 30.3 Å². The van der Waals surface area contributed by atoms with Gasteiger partial charge in [0.2, 0.25) is 0 Å². The van der Waals surface area contributed by atoms with Crippen molar-refractivity contribution in [2.75, 3.05) is 11.1 Å². The molecule has 1 unspecified atom stereocenters. The Labute approximate surface area is 118 Å². The van der Waals surface area contributed by atoms with E-state index in [-0.39, 0.29) is 0 Å². The summed E-state index contributed by atoms with van der Waals surface area (Å²) in [6.45, 7) is 1.48. The number of alkyl halides is 3. The standard InChI is InChI=1S/C13H14F3N3S/c1-8(7-13(14,15)16)18-12-10(11(17)19-20-12)9-5-3-2-4-6-9/h2-6,8,18H,7H2,1H3,(H2,17,19). The predicted octanol–water partition coefficient (Wildman–Crippen LogP) is 4.15. The molecule has 0 aliphatic rings. The Bertz CT molecular complexity index is 566. The van der Waals surface area contributed by atoms with Gasteiger partial charge in [-0.2, -0.15) is 17.5 Å². The van der Waals surface area contributed by atoms with E-state index in [2.05, 4.69) is 9.69 Å². The van der Waals surface area contributed by atoms with Gasteiger partial charge in [-0.3, -0.25) is 0 Å². The fourth-order valence-corrected chi connectivity index (χ4v) is 2.76. The maximum Gasteiger partial charge on any atom is 0.391 e. The van der Waals surface area contributed by atoms with Crippen LogP contribution < -0.4 is 11.1 Å². The molecular weight excluding hydrogens is 287 g/mol. The van der Waals surface area contributed by atoms with Crippen molar-refractivity contribution in [2.45, 2.75) is 25.6 Å². The lowest BCUT2D eigenvalue weighted by molar-refractivity contribution is -0.136. The molecule has 108 valence electrons. The highest BCUT2D eigenvalue weighted by Gasteiger charge is 2.30. The van der Waals surface area contributed by atoms with E-state index in [9.17, 15) is 13.2 Å². The molecule has 0 bridgehead atoms. The molecule has 1 atom stereocenters. The predicted molar refractivity (Wildman–Crippen MR) is 75.7 cm³/mol. The minimum Gasteiger partial charge on any atom is -0.382 e. The minimum atomic E-state index is -4.20. The van der Waals surface area contributed by atoms with Crippen LogP contribution in [0.1, 0.15) is 13.3 Å². The van der Waals surface area contributed by atoms with Gasteiger partial charge in [0.1, 0.15) is 10.8 Å². The van der Waals surface area contributed by atoms with Crippen LogP contribution in [-0.2, 0) is 0 Å². The maximum absolute atomic E-state index is 12.4. The number of nitrogens with zero attached hydrogens (tertiary/aromatic N) is 1. The van der Waals surface area contributed by atoms with Crippen molar-refractivity contribution >= 4 is 22.4 Å². The zero-order valence-electron chi connectivity index (χ0n) is 10.7. The van der Waals surface area contributed by atoms with E-state index in [4.69, 9.17) is 5.73 Å². The Morgan fingerprint density at radius 1 is 1.30 bits per heavy atom. The van der Waals surface area contributed by atoms with Crippen LogP contribution >= 0.6 is 11.5 Å². The number of benzene rings is 1. The highest BCUT2D eigenvalue weighted by molar-refractivity contribution is 7.11. The first-order valence-electron chi connectivity index (χ1n) is 6.00. The highest BCUT2D eigenvalue weighted by atomic mass is 32.1. The second kappa shape index (κ2) is 5.70. The average molecular weight is 301 g/mol. The number of nitrogens with one attached hydrogen (secondary N) is 1. The molecule has 0 amide bonds. The number of rotatable bonds is 4. The third kappa shape index (κ3) is 3.63. The van der Waals surface area contributed by atoms with Crippen molar-refractivity contribution in [3.05, 3.63) is 30.3 Å². The van der Waals surface area contributed by atoms with Crippen LogP contribution in [0.5, 0.6) is 0 Å². The lowest BCUT2D eigenvalue weighted by Crippen LogP contribution is -2.23. The van der Waals surface area contributed by atoms with Crippen molar-refractivity contribution in [3.8, 4) is 11.1 Å². The van der Waals surface area contributed by atoms with Crippen LogP contribution in [0.15, 0.2) is 30.3 Å². The molecule has 0 spiro atoms. The first kappa shape index (κ1) is 14.6. The minimum absolute atomic E-state index is 0.322. The number of anilines is 2. The van der Waals surface area contributed by atoms with Gasteiger partial charge in [0.25, 0.3) is 0 Å². The fourth-order valence-electron chi connectivity index (χ4n) is 1.91. The molecule has 20 heavy (non-hydrogen) atoms. The number of nitrogen functional groups attached to an aromatic ring is 1. The molecule has 0 radical (unpaired) electrons. The van der Waals surface area contributed by atoms with Gasteiger partial charge in [-0.05, 0) is 24.0 Å². The van der Waals surface area contributed by atoms with E-state index in [1.54, 1.807) is 0 Å². The second-order valence-electron chi connectivity index (χ2n) is 4.50. The van der Waals surface area contributed by atoms with Crippen LogP contribution in [0.4, 0.5) is 24.0 Å². The van der Waals surface area contributed by atoms with Crippen molar-refractivity contribution < 1.29 is 13.2 Å². The summed E-state index contributed by atoms with van der Waals surface area (Å²) in [5.41, 5.74) is 7.30. The molecule has 1 heterocycles. The third-order valence-electron chi connectivity index (χ3n) is 2.70. The summed E-state index contributed by atoms with van der Waals surface area (Å²) in [6, 6.07) is 8.50. The van der Waals surface area contributed by atoms with Gasteiger partial charge in [-0.15, -0.1) is 0 Å². The molecular formula is C13H14F3N3S. The monoisotopic (exact) mass is 301 g/mol. The summed E-state index contributed by atoms with van der Waals surface area (Å²) in [7, 11) is 0. The lowest BCUT2D eigenvalue weighted by Gasteiger charge is -2.16. The molecule has 0 saturated heterocycles. The number of halogens is 3. The summed E-state index contributed by atoms with van der Waals surface area (Å²) in [4.78, 5) is 0. The molecule has 0 aliphatic heterocycles. The topological polar surface area (TPSA) is 50.9 Å². The van der Waals surface area contributed by atoms with Gasteiger partial charge in [0, 0.05) is 6.04 Å².